The molecule has 12 fully saturated rings. The molecule has 3 amide bonds. The smallest absolute Gasteiger partial charge is 0.227 e. The minimum Gasteiger partial charge on any atom is -0.378 e. The molecule has 9 heterocycles. The molecule has 0 unspecified atom stereocenters. The van der Waals surface area contributed by atoms with Gasteiger partial charge in [-0.25, -0.2) is 0 Å². The third-order valence-electron chi connectivity index (χ3n) is 23.4. The van der Waals surface area contributed by atoms with Crippen LogP contribution in [0.3, 0.4) is 0 Å². The molecule has 15 nitrogen and oxygen atoms in total. The number of nitrogens with zero attached hydrogens (tertiary/aromatic N) is 9. The molecule has 9 saturated heterocycles. The predicted octanol–water partition coefficient (Wildman–Crippen LogP) is 11.1. The van der Waals surface area contributed by atoms with Crippen molar-refractivity contribution in [1.29, 1.82) is 0 Å². The fraction of sp³-hybridized carbons (Fsp3) is 0.708. The van der Waals surface area contributed by atoms with Gasteiger partial charge < -0.3 is 28.9 Å². The molecule has 0 spiro atoms. The summed E-state index contributed by atoms with van der Waals surface area (Å²) in [5.41, 5.74) is 2.79. The SMILES string of the molecule is O=C(Cc1ccc(Cl)c(Cl)c1)N1CCN(CC2CCC2)[C@@H]2COC[C@H](N3CCCC3)[C@H]21.O=C(Cc1ccc(Cl)c(Cl)c1)N1CCN(CC2CCC2)[C@@H]2COC[C@H](N3CCCC3)[C@H]21.O=C(Cc1ccc(Cl)c(Cl)c1)N1CCN(CC2CCC2)[C@H]2COC[C@@H](N3CCCC3)[C@@H]21. The van der Waals surface area contributed by atoms with E-state index in [1.54, 1.807) is 18.2 Å². The van der Waals surface area contributed by atoms with Gasteiger partial charge in [-0.2, -0.15) is 0 Å². The second-order valence-corrected chi connectivity index (χ2v) is 31.6. The lowest BCUT2D eigenvalue weighted by Gasteiger charge is -2.55. The standard InChI is InChI=1S/3C24H33Cl2N3O2/c3*25-19-7-6-18(12-20(19)26)13-23(30)29-11-10-28(14-17-4-3-5-17)22-16-31-15-21(24(22)29)27-8-1-2-9-27/h3*6-7,12,17,21-22,24H,1-5,8-11,13-16H2/t3*21-,22+,24+/m100/s1. The number of carbonyl (C=O) groups is 3. The Balaban J connectivity index is 0.000000127. The molecular formula is C72H99Cl6N9O6. The van der Waals surface area contributed by atoms with Crippen molar-refractivity contribution in [2.24, 2.45) is 17.8 Å². The van der Waals surface area contributed by atoms with E-state index < -0.39 is 0 Å². The zero-order valence-electron chi connectivity index (χ0n) is 54.4. The first kappa shape index (κ1) is 69.0. The number of ether oxygens (including phenoxy) is 3. The number of rotatable bonds is 15. The third kappa shape index (κ3) is 16.4. The summed E-state index contributed by atoms with van der Waals surface area (Å²) in [7, 11) is 0. The van der Waals surface area contributed by atoms with Crippen LogP contribution in [0.1, 0.15) is 113 Å². The van der Waals surface area contributed by atoms with Crippen molar-refractivity contribution >= 4 is 87.3 Å². The van der Waals surface area contributed by atoms with Gasteiger partial charge in [0.15, 0.2) is 0 Å². The average Bonchev–Trinajstić information content (AvgIpc) is 1.75. The Morgan fingerprint density at radius 1 is 0.323 bits per heavy atom. The molecule has 3 aromatic carbocycles. The van der Waals surface area contributed by atoms with E-state index in [1.807, 2.05) is 36.4 Å². The largest absolute Gasteiger partial charge is 0.378 e. The Labute approximate surface area is 583 Å². The molecule has 9 atom stereocenters. The van der Waals surface area contributed by atoms with Gasteiger partial charge in [0.2, 0.25) is 17.7 Å². The molecule has 510 valence electrons. The van der Waals surface area contributed by atoms with E-state index in [0.29, 0.717) is 85.6 Å². The van der Waals surface area contributed by atoms with Gasteiger partial charge in [-0.1, -0.05) is 107 Å². The van der Waals surface area contributed by atoms with Crippen molar-refractivity contribution in [3.63, 3.8) is 0 Å². The molecule has 9 aliphatic heterocycles. The zero-order chi connectivity index (χ0) is 64.1. The topological polar surface area (TPSA) is 108 Å². The van der Waals surface area contributed by atoms with E-state index in [-0.39, 0.29) is 35.8 Å². The maximum Gasteiger partial charge on any atom is 0.227 e. The minimum atomic E-state index is 0.197. The number of carbonyl (C=O) groups excluding carboxylic acids is 3. The van der Waals surface area contributed by atoms with Crippen molar-refractivity contribution in [2.75, 3.05) is 138 Å². The van der Waals surface area contributed by atoms with Gasteiger partial charge in [0.25, 0.3) is 0 Å². The highest BCUT2D eigenvalue weighted by Gasteiger charge is 2.52. The van der Waals surface area contributed by atoms with Gasteiger partial charge in [0, 0.05) is 58.9 Å². The van der Waals surface area contributed by atoms with Gasteiger partial charge in [0.05, 0.1) is 143 Å². The van der Waals surface area contributed by atoms with Crippen molar-refractivity contribution in [2.45, 2.75) is 170 Å². The van der Waals surface area contributed by atoms with Crippen LogP contribution in [0.5, 0.6) is 0 Å². The molecular weight excluding hydrogens is 1300 g/mol. The second kappa shape index (κ2) is 32.2. The van der Waals surface area contributed by atoms with Crippen LogP contribution < -0.4 is 0 Å². The number of hydrogen-bond acceptors (Lipinski definition) is 12. The Kier molecular flexibility index (Phi) is 23.9. The summed E-state index contributed by atoms with van der Waals surface area (Å²) in [5, 5.41) is 3.12. The quantitative estimate of drug-likeness (QED) is 0.145. The van der Waals surface area contributed by atoms with Crippen LogP contribution in [-0.2, 0) is 47.9 Å². The molecule has 12 aliphatic rings. The molecule has 0 radical (unpaired) electrons. The molecule has 0 bridgehead atoms. The van der Waals surface area contributed by atoms with Crippen LogP contribution in [0.2, 0.25) is 30.1 Å². The van der Waals surface area contributed by atoms with Gasteiger partial charge in [-0.3, -0.25) is 43.8 Å². The molecule has 21 heteroatoms. The number of benzene rings is 3. The highest BCUT2D eigenvalue weighted by atomic mass is 35.5. The van der Waals surface area contributed by atoms with Gasteiger partial charge in [0.1, 0.15) is 0 Å². The molecule has 15 rings (SSSR count). The van der Waals surface area contributed by atoms with E-state index in [4.69, 9.17) is 83.8 Å². The first-order valence-corrected chi connectivity index (χ1v) is 37.9. The minimum absolute atomic E-state index is 0.197. The van der Waals surface area contributed by atoms with Crippen molar-refractivity contribution < 1.29 is 28.6 Å². The van der Waals surface area contributed by atoms with Crippen molar-refractivity contribution in [1.82, 2.24) is 44.1 Å². The van der Waals surface area contributed by atoms with Crippen LogP contribution in [0.15, 0.2) is 54.6 Å². The normalized spacial score (nSPS) is 30.3. The molecule has 0 aromatic heterocycles. The number of hydrogen-bond donors (Lipinski definition) is 0. The molecule has 3 saturated carbocycles. The Morgan fingerprint density at radius 2 is 0.581 bits per heavy atom. The van der Waals surface area contributed by atoms with E-state index in [0.717, 1.165) is 172 Å². The number of halogens is 6. The summed E-state index contributed by atoms with van der Waals surface area (Å²) >= 11 is 36.8. The molecule has 93 heavy (non-hydrogen) atoms. The summed E-state index contributed by atoms with van der Waals surface area (Å²) in [4.78, 5) is 62.8. The second-order valence-electron chi connectivity index (χ2n) is 29.1. The van der Waals surface area contributed by atoms with Crippen LogP contribution in [0, 0.1) is 17.8 Å². The summed E-state index contributed by atoms with van der Waals surface area (Å²) in [6, 6.07) is 19.0. The number of piperazine rings is 3. The molecule has 0 N–H and O–H groups in total. The predicted molar refractivity (Wildman–Crippen MR) is 371 cm³/mol. The van der Waals surface area contributed by atoms with Gasteiger partial charge in [-0.05, 0) is 187 Å². The highest BCUT2D eigenvalue weighted by Crippen LogP contribution is 2.39. The fourth-order valence-corrected chi connectivity index (χ4v) is 18.7. The van der Waals surface area contributed by atoms with Gasteiger partial charge >= 0.3 is 0 Å². The average molecular weight is 1400 g/mol. The lowest BCUT2D eigenvalue weighted by atomic mass is 9.83. The summed E-state index contributed by atoms with van der Waals surface area (Å²) in [5.74, 6) is 3.07. The summed E-state index contributed by atoms with van der Waals surface area (Å²) in [6.07, 6.45) is 20.8. The maximum atomic E-state index is 13.5. The van der Waals surface area contributed by atoms with E-state index in [9.17, 15) is 14.4 Å². The Bertz CT molecular complexity index is 2700. The van der Waals surface area contributed by atoms with Gasteiger partial charge in [-0.15, -0.1) is 0 Å². The van der Waals surface area contributed by atoms with Crippen molar-refractivity contribution in [3.8, 4) is 0 Å². The van der Waals surface area contributed by atoms with Crippen LogP contribution in [0.4, 0.5) is 0 Å². The Morgan fingerprint density at radius 3 is 0.817 bits per heavy atom. The third-order valence-corrected chi connectivity index (χ3v) is 25.6. The fourth-order valence-electron chi connectivity index (χ4n) is 17.7. The summed E-state index contributed by atoms with van der Waals surface area (Å²) < 4.78 is 18.4. The van der Waals surface area contributed by atoms with Crippen LogP contribution in [0.25, 0.3) is 0 Å². The lowest BCUT2D eigenvalue weighted by molar-refractivity contribution is -0.154. The van der Waals surface area contributed by atoms with Crippen LogP contribution in [-0.4, -0.2) is 254 Å². The molecule has 3 aromatic rings. The zero-order valence-corrected chi connectivity index (χ0v) is 59.0. The Hall–Kier alpha value is -2.55. The van der Waals surface area contributed by atoms with Crippen molar-refractivity contribution in [3.05, 3.63) is 101 Å². The number of amides is 3. The first-order chi connectivity index (χ1) is 45.3. The monoisotopic (exact) mass is 1400 g/mol. The van der Waals surface area contributed by atoms with E-state index in [2.05, 4.69) is 44.1 Å². The maximum absolute atomic E-state index is 13.5. The number of likely N-dealkylation sites (tertiary alicyclic amines) is 3. The van der Waals surface area contributed by atoms with E-state index in [1.165, 1.54) is 96.3 Å². The van der Waals surface area contributed by atoms with Crippen LogP contribution >= 0.6 is 69.6 Å². The van der Waals surface area contributed by atoms with E-state index >= 15 is 0 Å². The number of fused-ring (bicyclic) bond motifs is 3. The summed E-state index contributed by atoms with van der Waals surface area (Å²) in [6.45, 7) is 19.8. The molecule has 3 aliphatic carbocycles. The first-order valence-electron chi connectivity index (χ1n) is 35.7. The lowest BCUT2D eigenvalue weighted by Crippen LogP contribution is -2.72. The highest BCUT2D eigenvalue weighted by molar-refractivity contribution is 6.43.